The molecule has 1 unspecified atom stereocenters. The first-order chi connectivity index (χ1) is 6.90. The molecule has 0 aromatic heterocycles. The van der Waals surface area contributed by atoms with Gasteiger partial charge < -0.3 is 10.5 Å². The van der Waals surface area contributed by atoms with Gasteiger partial charge in [-0.3, -0.25) is 0 Å². The van der Waals surface area contributed by atoms with Crippen molar-refractivity contribution >= 4 is 15.9 Å². The second kappa shape index (κ2) is 3.22. The maximum absolute atomic E-state index is 6.39. The van der Waals surface area contributed by atoms with Crippen molar-refractivity contribution in [3.05, 3.63) is 28.2 Å². The summed E-state index contributed by atoms with van der Waals surface area (Å²) in [6.45, 7) is 4.38. The zero-order valence-electron chi connectivity index (χ0n) is 9.30. The molecule has 0 radical (unpaired) electrons. The van der Waals surface area contributed by atoms with Crippen LogP contribution < -0.4 is 10.5 Å². The van der Waals surface area contributed by atoms with Crippen LogP contribution in [0.25, 0.3) is 0 Å². The van der Waals surface area contributed by atoms with Gasteiger partial charge in [-0.1, -0.05) is 29.8 Å². The van der Waals surface area contributed by atoms with Gasteiger partial charge >= 0.3 is 0 Å². The summed E-state index contributed by atoms with van der Waals surface area (Å²) in [5.41, 5.74) is 7.43. The van der Waals surface area contributed by atoms with Gasteiger partial charge in [-0.2, -0.15) is 0 Å². The summed E-state index contributed by atoms with van der Waals surface area (Å²) >= 11 is 3.47. The molecule has 1 aliphatic rings. The number of halogens is 1. The topological polar surface area (TPSA) is 35.2 Å². The van der Waals surface area contributed by atoms with Crippen molar-refractivity contribution in [2.75, 3.05) is 7.11 Å². The lowest BCUT2D eigenvalue weighted by atomic mass is 9.96. The van der Waals surface area contributed by atoms with Crippen molar-refractivity contribution in [3.8, 4) is 5.75 Å². The van der Waals surface area contributed by atoms with Crippen LogP contribution in [0.5, 0.6) is 5.75 Å². The number of hydrogen-bond donors (Lipinski definition) is 1. The van der Waals surface area contributed by atoms with Crippen molar-refractivity contribution in [2.45, 2.75) is 25.8 Å². The highest BCUT2D eigenvalue weighted by Crippen LogP contribution is 2.62. The molecule has 0 bridgehead atoms. The lowest BCUT2D eigenvalue weighted by Gasteiger charge is -2.19. The van der Waals surface area contributed by atoms with Crippen molar-refractivity contribution < 1.29 is 4.74 Å². The normalized spacial score (nSPS) is 27.5. The molecule has 1 aromatic rings. The molecule has 0 saturated heterocycles. The minimum Gasteiger partial charge on any atom is -0.496 e. The third-order valence-electron chi connectivity index (χ3n) is 3.45. The molecule has 15 heavy (non-hydrogen) atoms. The van der Waals surface area contributed by atoms with E-state index in [4.69, 9.17) is 10.5 Å². The predicted octanol–water partition coefficient (Wildman–Crippen LogP) is 3.04. The summed E-state index contributed by atoms with van der Waals surface area (Å²) in [5.74, 6) is 0.881. The number of rotatable bonds is 2. The molecule has 1 atom stereocenters. The summed E-state index contributed by atoms with van der Waals surface area (Å²) < 4.78 is 6.41. The molecule has 2 rings (SSSR count). The maximum Gasteiger partial charge on any atom is 0.124 e. The average molecular weight is 270 g/mol. The number of benzene rings is 1. The molecule has 82 valence electrons. The Morgan fingerprint density at radius 1 is 1.40 bits per heavy atom. The Labute approximate surface area is 98.9 Å². The summed E-state index contributed by atoms with van der Waals surface area (Å²) in [4.78, 5) is 0. The van der Waals surface area contributed by atoms with Crippen LogP contribution in [0.1, 0.15) is 25.8 Å². The summed E-state index contributed by atoms with van der Waals surface area (Å²) in [6, 6.07) is 6.00. The monoisotopic (exact) mass is 269 g/mol. The third kappa shape index (κ3) is 1.58. The van der Waals surface area contributed by atoms with Crippen LogP contribution >= 0.6 is 15.9 Å². The van der Waals surface area contributed by atoms with Crippen LogP contribution in [0.15, 0.2) is 22.7 Å². The van der Waals surface area contributed by atoms with E-state index >= 15 is 0 Å². The molecule has 1 aliphatic carbocycles. The molecule has 1 saturated carbocycles. The van der Waals surface area contributed by atoms with Gasteiger partial charge in [-0.25, -0.2) is 0 Å². The minimum atomic E-state index is -0.234. The fourth-order valence-electron chi connectivity index (χ4n) is 2.14. The number of nitrogens with two attached hydrogens (primary N) is 1. The van der Waals surface area contributed by atoms with Gasteiger partial charge in [0.25, 0.3) is 0 Å². The van der Waals surface area contributed by atoms with Gasteiger partial charge in [0, 0.05) is 10.0 Å². The highest BCUT2D eigenvalue weighted by atomic mass is 79.9. The first kappa shape index (κ1) is 11.0. The molecule has 1 aromatic carbocycles. The fraction of sp³-hybridized carbons (Fsp3) is 0.500. The van der Waals surface area contributed by atoms with Crippen molar-refractivity contribution in [1.29, 1.82) is 0 Å². The Morgan fingerprint density at radius 3 is 2.47 bits per heavy atom. The van der Waals surface area contributed by atoms with E-state index in [1.807, 2.05) is 12.1 Å². The SMILES string of the molecule is COc1ccc(Br)cc1C1(N)CC1(C)C. The van der Waals surface area contributed by atoms with Gasteiger partial charge in [0.15, 0.2) is 0 Å². The van der Waals surface area contributed by atoms with E-state index in [0.717, 1.165) is 22.2 Å². The standard InChI is InChI=1S/C12H16BrNO/c1-11(2)7-12(11,14)9-6-8(13)4-5-10(9)15-3/h4-6H,7,14H2,1-3H3. The van der Waals surface area contributed by atoms with Gasteiger partial charge in [-0.15, -0.1) is 0 Å². The van der Waals surface area contributed by atoms with Crippen LogP contribution in [-0.2, 0) is 5.54 Å². The Kier molecular flexibility index (Phi) is 2.36. The number of hydrogen-bond acceptors (Lipinski definition) is 2. The zero-order chi connectivity index (χ0) is 11.3. The Balaban J connectivity index is 2.48. The van der Waals surface area contributed by atoms with Crippen LogP contribution in [0.2, 0.25) is 0 Å². The number of ether oxygens (including phenoxy) is 1. The van der Waals surface area contributed by atoms with Crippen LogP contribution in [0.4, 0.5) is 0 Å². The fourth-order valence-corrected chi connectivity index (χ4v) is 2.50. The smallest absolute Gasteiger partial charge is 0.124 e. The highest BCUT2D eigenvalue weighted by Gasteiger charge is 2.60. The van der Waals surface area contributed by atoms with E-state index in [0.29, 0.717) is 0 Å². The lowest BCUT2D eigenvalue weighted by molar-refractivity contribution is 0.395. The summed E-state index contributed by atoms with van der Waals surface area (Å²) in [6.07, 6.45) is 1.01. The average Bonchev–Trinajstić information content (AvgIpc) is 2.67. The van der Waals surface area contributed by atoms with E-state index in [9.17, 15) is 0 Å². The second-order valence-corrected chi connectivity index (χ2v) is 5.79. The second-order valence-electron chi connectivity index (χ2n) is 4.88. The Bertz CT molecular complexity index is 403. The molecule has 0 spiro atoms. The van der Waals surface area contributed by atoms with E-state index in [1.54, 1.807) is 7.11 Å². The molecule has 0 heterocycles. The van der Waals surface area contributed by atoms with E-state index in [1.165, 1.54) is 0 Å². The van der Waals surface area contributed by atoms with Gasteiger partial charge in [0.05, 0.1) is 12.6 Å². The van der Waals surface area contributed by atoms with E-state index in [-0.39, 0.29) is 11.0 Å². The van der Waals surface area contributed by atoms with E-state index < -0.39 is 0 Å². The molecule has 3 heteroatoms. The van der Waals surface area contributed by atoms with Crippen LogP contribution in [0.3, 0.4) is 0 Å². The molecular weight excluding hydrogens is 254 g/mol. The quantitative estimate of drug-likeness (QED) is 0.896. The molecule has 2 N–H and O–H groups in total. The highest BCUT2D eigenvalue weighted by molar-refractivity contribution is 9.10. The van der Waals surface area contributed by atoms with E-state index in [2.05, 4.69) is 35.8 Å². The van der Waals surface area contributed by atoms with Crippen molar-refractivity contribution in [3.63, 3.8) is 0 Å². The van der Waals surface area contributed by atoms with Gasteiger partial charge in [-0.05, 0) is 30.0 Å². The molecule has 2 nitrogen and oxygen atoms in total. The predicted molar refractivity (Wildman–Crippen MR) is 65.0 cm³/mol. The Morgan fingerprint density at radius 2 is 2.00 bits per heavy atom. The van der Waals surface area contributed by atoms with Gasteiger partial charge in [0.2, 0.25) is 0 Å². The third-order valence-corrected chi connectivity index (χ3v) is 3.94. The molecular formula is C12H16BrNO. The first-order valence-electron chi connectivity index (χ1n) is 5.04. The molecule has 0 amide bonds. The summed E-state index contributed by atoms with van der Waals surface area (Å²) in [5, 5.41) is 0. The largest absolute Gasteiger partial charge is 0.496 e. The Hall–Kier alpha value is -0.540. The first-order valence-corrected chi connectivity index (χ1v) is 5.83. The molecule has 0 aliphatic heterocycles. The van der Waals surface area contributed by atoms with Crippen molar-refractivity contribution in [1.82, 2.24) is 0 Å². The lowest BCUT2D eigenvalue weighted by Crippen LogP contribution is -2.26. The molecule has 1 fully saturated rings. The van der Waals surface area contributed by atoms with Crippen LogP contribution in [-0.4, -0.2) is 7.11 Å². The number of methoxy groups -OCH3 is 1. The maximum atomic E-state index is 6.39. The van der Waals surface area contributed by atoms with Gasteiger partial charge in [0.1, 0.15) is 5.75 Å². The summed E-state index contributed by atoms with van der Waals surface area (Å²) in [7, 11) is 1.69. The van der Waals surface area contributed by atoms with Crippen LogP contribution in [0, 0.1) is 5.41 Å². The zero-order valence-corrected chi connectivity index (χ0v) is 10.9. The van der Waals surface area contributed by atoms with Crippen molar-refractivity contribution in [2.24, 2.45) is 11.1 Å². The minimum absolute atomic E-state index is 0.168.